The molecule has 33 heavy (non-hydrogen) atoms. The van der Waals surface area contributed by atoms with Gasteiger partial charge in [0, 0.05) is 0 Å². The zero-order chi connectivity index (χ0) is 23.2. The Bertz CT molecular complexity index is 1450. The van der Waals surface area contributed by atoms with E-state index in [1.54, 1.807) is 34.5 Å². The Balaban J connectivity index is 1.52. The van der Waals surface area contributed by atoms with Crippen LogP contribution in [0.15, 0.2) is 71.6 Å². The largest absolute Gasteiger partial charge is 0.467 e. The maximum atomic E-state index is 13.2. The van der Waals surface area contributed by atoms with Crippen LogP contribution < -0.4 is 5.32 Å². The van der Waals surface area contributed by atoms with Crippen LogP contribution in [0.4, 0.5) is 19.1 Å². The highest BCUT2D eigenvalue weighted by Gasteiger charge is 2.31. The minimum absolute atomic E-state index is 0.118. The second-order valence-electron chi connectivity index (χ2n) is 7.61. The van der Waals surface area contributed by atoms with Gasteiger partial charge in [0.1, 0.15) is 11.8 Å². The molecule has 0 spiro atoms. The van der Waals surface area contributed by atoms with Gasteiger partial charge in [0.2, 0.25) is 11.9 Å². The second kappa shape index (κ2) is 7.80. The predicted octanol–water partition coefficient (Wildman–Crippen LogP) is 5.25. The molecule has 3 heterocycles. The second-order valence-corrected chi connectivity index (χ2v) is 7.61. The summed E-state index contributed by atoms with van der Waals surface area (Å²) >= 11 is 0. The summed E-state index contributed by atoms with van der Waals surface area (Å²) in [6.07, 6.45) is -1.42. The third-order valence-corrected chi connectivity index (χ3v) is 5.48. The average molecular weight is 453 g/mol. The zero-order valence-corrected chi connectivity index (χ0v) is 17.4. The molecule has 0 aliphatic heterocycles. The normalized spacial score (nSPS) is 13.0. The van der Waals surface area contributed by atoms with Gasteiger partial charge < -0.3 is 13.6 Å². The summed E-state index contributed by atoms with van der Waals surface area (Å²) in [6.45, 7) is 1.90. The Morgan fingerprint density at radius 1 is 1.09 bits per heavy atom. The van der Waals surface area contributed by atoms with Crippen LogP contribution in [0.2, 0.25) is 0 Å². The summed E-state index contributed by atoms with van der Waals surface area (Å²) in [4.78, 5) is 21.7. The number of anilines is 1. The number of halogens is 3. The van der Waals surface area contributed by atoms with Gasteiger partial charge in [0.05, 0.1) is 46.8 Å². The molecule has 2 aromatic carbocycles. The summed E-state index contributed by atoms with van der Waals surface area (Å²) < 4.78 is 48.3. The first-order chi connectivity index (χ1) is 15.8. The molecule has 0 aliphatic carbocycles. The summed E-state index contributed by atoms with van der Waals surface area (Å²) in [6, 6.07) is 13.5. The first kappa shape index (κ1) is 20.8. The van der Waals surface area contributed by atoms with Crippen LogP contribution in [0.5, 0.6) is 0 Å². The molecule has 0 saturated carbocycles. The number of fused-ring (bicyclic) bond motifs is 2. The van der Waals surface area contributed by atoms with Crippen LogP contribution in [-0.4, -0.2) is 25.0 Å². The fourth-order valence-corrected chi connectivity index (χ4v) is 3.75. The molecule has 168 valence electrons. The Kier molecular flexibility index (Phi) is 4.92. The number of carbonyl (C=O) groups excluding carboxylic acids is 1. The Labute approximate surface area is 185 Å². The van der Waals surface area contributed by atoms with Crippen LogP contribution in [0.3, 0.4) is 0 Å². The maximum absolute atomic E-state index is 13.2. The molecule has 5 aromatic rings. The fraction of sp³-hybridized carbons (Fsp3) is 0.174. The lowest BCUT2D eigenvalue weighted by molar-refractivity contribution is -0.137. The predicted molar refractivity (Wildman–Crippen MR) is 116 cm³/mol. The average Bonchev–Trinajstić information content (AvgIpc) is 3.52. The summed E-state index contributed by atoms with van der Waals surface area (Å²) in [5, 5.41) is 2.76. The van der Waals surface area contributed by atoms with E-state index in [0.29, 0.717) is 11.3 Å². The first-order valence-corrected chi connectivity index (χ1v) is 10.1. The summed E-state index contributed by atoms with van der Waals surface area (Å²) in [5.41, 5.74) is 1.29. The van der Waals surface area contributed by atoms with Crippen molar-refractivity contribution in [3.05, 3.63) is 78.5 Å². The molecule has 1 atom stereocenters. The van der Waals surface area contributed by atoms with Crippen molar-refractivity contribution in [3.63, 3.8) is 0 Å². The van der Waals surface area contributed by atoms with Crippen molar-refractivity contribution in [1.29, 1.82) is 0 Å². The Morgan fingerprint density at radius 2 is 1.91 bits per heavy atom. The molecule has 5 rings (SSSR count). The van der Waals surface area contributed by atoms with E-state index in [1.165, 1.54) is 12.3 Å². The first-order valence-electron chi connectivity index (χ1n) is 10.1. The number of aromatic nitrogens is 4. The number of benzene rings is 2. The zero-order valence-electron chi connectivity index (χ0n) is 17.4. The van der Waals surface area contributed by atoms with Gasteiger partial charge in [0.15, 0.2) is 0 Å². The van der Waals surface area contributed by atoms with Gasteiger partial charge in [-0.15, -0.1) is 0 Å². The number of hydrogen-bond acceptors (Lipinski definition) is 4. The summed E-state index contributed by atoms with van der Waals surface area (Å²) in [7, 11) is 0. The van der Waals surface area contributed by atoms with Gasteiger partial charge in [-0.25, -0.2) is 9.97 Å². The fourth-order valence-electron chi connectivity index (χ4n) is 3.75. The van der Waals surface area contributed by atoms with Crippen LogP contribution in [0.1, 0.15) is 24.3 Å². The number of para-hydroxylation sites is 2. The van der Waals surface area contributed by atoms with Crippen LogP contribution in [0, 0.1) is 0 Å². The third kappa shape index (κ3) is 3.84. The minimum atomic E-state index is -4.50. The molecule has 0 bridgehead atoms. The number of nitrogens with one attached hydrogen (secondary N) is 1. The van der Waals surface area contributed by atoms with Crippen LogP contribution in [-0.2, 0) is 17.5 Å². The lowest BCUT2D eigenvalue weighted by atomic mass is 10.2. The molecule has 1 N–H and O–H groups in total. The van der Waals surface area contributed by atoms with Gasteiger partial charge in [-0.2, -0.15) is 13.2 Å². The molecular formula is C23H18F3N5O2. The van der Waals surface area contributed by atoms with E-state index in [9.17, 15) is 18.0 Å². The van der Waals surface area contributed by atoms with Crippen LogP contribution >= 0.6 is 0 Å². The van der Waals surface area contributed by atoms with Gasteiger partial charge in [-0.1, -0.05) is 12.1 Å². The molecule has 0 aliphatic rings. The smallest absolute Gasteiger partial charge is 0.416 e. The van der Waals surface area contributed by atoms with Crippen LogP contribution in [0.25, 0.3) is 22.1 Å². The molecular weight excluding hydrogens is 435 g/mol. The molecule has 1 amide bonds. The quantitative estimate of drug-likeness (QED) is 0.395. The van der Waals surface area contributed by atoms with E-state index in [-0.39, 0.29) is 23.9 Å². The lowest BCUT2D eigenvalue weighted by Crippen LogP contribution is -2.25. The monoisotopic (exact) mass is 453 g/mol. The van der Waals surface area contributed by atoms with Gasteiger partial charge in [-0.3, -0.25) is 10.1 Å². The van der Waals surface area contributed by atoms with Crippen molar-refractivity contribution in [2.75, 3.05) is 5.32 Å². The van der Waals surface area contributed by atoms with Crippen molar-refractivity contribution in [3.8, 4) is 0 Å². The van der Waals surface area contributed by atoms with E-state index in [0.717, 1.165) is 23.2 Å². The van der Waals surface area contributed by atoms with Crippen molar-refractivity contribution < 1.29 is 22.4 Å². The number of rotatable bonds is 5. The van der Waals surface area contributed by atoms with Crippen molar-refractivity contribution in [2.45, 2.75) is 25.7 Å². The molecule has 0 fully saturated rings. The minimum Gasteiger partial charge on any atom is -0.467 e. The van der Waals surface area contributed by atoms with Gasteiger partial charge >= 0.3 is 6.18 Å². The number of amides is 1. The standard InChI is InChI=1S/C23H18F3N5O2/c1-14(31-13-27-17-6-2-3-7-19(17)31)21(32)29-22-28-18-11-15(23(24,25)26)8-9-20(18)30(22)12-16-5-4-10-33-16/h2-11,13-14H,12H2,1H3,(H,28,29,32). The summed E-state index contributed by atoms with van der Waals surface area (Å²) in [5.74, 6) is 0.311. The third-order valence-electron chi connectivity index (χ3n) is 5.48. The Morgan fingerprint density at radius 3 is 2.67 bits per heavy atom. The number of hydrogen-bond donors (Lipinski definition) is 1. The van der Waals surface area contributed by atoms with E-state index in [4.69, 9.17) is 4.42 Å². The van der Waals surface area contributed by atoms with Gasteiger partial charge in [0.25, 0.3) is 0 Å². The van der Waals surface area contributed by atoms with Crippen molar-refractivity contribution in [2.24, 2.45) is 0 Å². The van der Waals surface area contributed by atoms with E-state index in [1.807, 2.05) is 24.3 Å². The molecule has 0 radical (unpaired) electrons. The topological polar surface area (TPSA) is 77.9 Å². The highest BCUT2D eigenvalue weighted by molar-refractivity contribution is 5.95. The number of imidazole rings is 2. The number of nitrogens with zero attached hydrogens (tertiary/aromatic N) is 4. The highest BCUT2D eigenvalue weighted by Crippen LogP contribution is 2.32. The molecule has 7 nitrogen and oxygen atoms in total. The Hall–Kier alpha value is -4.08. The number of carbonyl (C=O) groups is 1. The van der Waals surface area contributed by atoms with Crippen molar-refractivity contribution >= 4 is 33.9 Å². The molecule has 10 heteroatoms. The lowest BCUT2D eigenvalue weighted by Gasteiger charge is -2.15. The highest BCUT2D eigenvalue weighted by atomic mass is 19.4. The van der Waals surface area contributed by atoms with E-state index in [2.05, 4.69) is 15.3 Å². The van der Waals surface area contributed by atoms with E-state index < -0.39 is 17.8 Å². The number of alkyl halides is 3. The molecule has 3 aromatic heterocycles. The van der Waals surface area contributed by atoms with Gasteiger partial charge in [-0.05, 0) is 49.4 Å². The van der Waals surface area contributed by atoms with E-state index >= 15 is 0 Å². The number of furan rings is 1. The SMILES string of the molecule is CC(C(=O)Nc1nc2cc(C(F)(F)F)ccc2n1Cc1ccco1)n1cnc2ccccc21. The molecule has 0 saturated heterocycles. The van der Waals surface area contributed by atoms with Crippen molar-refractivity contribution in [1.82, 2.24) is 19.1 Å². The maximum Gasteiger partial charge on any atom is 0.416 e. The molecule has 1 unspecified atom stereocenters.